The highest BCUT2D eigenvalue weighted by Gasteiger charge is 2.11. The third-order valence-corrected chi connectivity index (χ3v) is 1.91. The van der Waals surface area contributed by atoms with Crippen LogP contribution in [0.3, 0.4) is 0 Å². The first kappa shape index (κ1) is 8.89. The fourth-order valence-corrected chi connectivity index (χ4v) is 1.01. The molecule has 74 valence electrons. The van der Waals surface area contributed by atoms with Gasteiger partial charge in [-0.05, 0) is 24.3 Å². The predicted octanol–water partition coefficient (Wildman–Crippen LogP) is 0.453. The highest BCUT2D eigenvalue weighted by molar-refractivity contribution is 5.43. The van der Waals surface area contributed by atoms with Gasteiger partial charge in [0.15, 0.2) is 5.76 Å². The Bertz CT molecular complexity index is 394. The van der Waals surface area contributed by atoms with Crippen LogP contribution in [-0.4, -0.2) is 26.8 Å². The maximum atomic E-state index is 5.48. The second kappa shape index (κ2) is 3.59. The summed E-state index contributed by atoms with van der Waals surface area (Å²) in [6.07, 6.45) is 1.57. The quantitative estimate of drug-likeness (QED) is 0.765. The molecule has 2 rings (SSSR count). The molecule has 14 heavy (non-hydrogen) atoms. The second-order valence-corrected chi connectivity index (χ2v) is 3.00. The lowest BCUT2D eigenvalue weighted by Gasteiger charge is -2.03. The Hall–Kier alpha value is -1.69. The smallest absolute Gasteiger partial charge is 0.240 e. The van der Waals surface area contributed by atoms with Gasteiger partial charge in [-0.3, -0.25) is 0 Å². The van der Waals surface area contributed by atoms with Gasteiger partial charge in [0.25, 0.3) is 0 Å². The van der Waals surface area contributed by atoms with Crippen LogP contribution in [0.15, 0.2) is 22.8 Å². The van der Waals surface area contributed by atoms with E-state index >= 15 is 0 Å². The Balaban J connectivity index is 2.26. The van der Waals surface area contributed by atoms with E-state index in [9.17, 15) is 0 Å². The third kappa shape index (κ3) is 1.51. The molecule has 0 radical (unpaired) electrons. The SMILES string of the molecule is CC(CN)n1nnc(-c2ccco2)n1. The molecule has 0 fully saturated rings. The molecule has 0 bridgehead atoms. The minimum atomic E-state index is 0.0474. The summed E-state index contributed by atoms with van der Waals surface area (Å²) in [5, 5.41) is 11.9. The molecule has 6 heteroatoms. The molecule has 0 saturated carbocycles. The maximum Gasteiger partial charge on any atom is 0.240 e. The molecule has 0 amide bonds. The second-order valence-electron chi connectivity index (χ2n) is 3.00. The Kier molecular flexibility index (Phi) is 2.28. The highest BCUT2D eigenvalue weighted by Crippen LogP contribution is 2.13. The molecule has 0 aliphatic heterocycles. The fraction of sp³-hybridized carbons (Fsp3) is 0.375. The molecule has 0 saturated heterocycles. The molecule has 0 aliphatic carbocycles. The number of nitrogens with zero attached hydrogens (tertiary/aromatic N) is 4. The van der Waals surface area contributed by atoms with Crippen LogP contribution in [0.25, 0.3) is 11.6 Å². The topological polar surface area (TPSA) is 82.8 Å². The van der Waals surface area contributed by atoms with Gasteiger partial charge in [-0.15, -0.1) is 10.2 Å². The molecule has 6 nitrogen and oxygen atoms in total. The van der Waals surface area contributed by atoms with Crippen LogP contribution < -0.4 is 5.73 Å². The minimum Gasteiger partial charge on any atom is -0.461 e. The van der Waals surface area contributed by atoms with E-state index in [0.29, 0.717) is 18.1 Å². The molecule has 1 unspecified atom stereocenters. The summed E-state index contributed by atoms with van der Waals surface area (Å²) in [5.74, 6) is 1.09. The Morgan fingerprint density at radius 1 is 1.64 bits per heavy atom. The number of hydrogen-bond donors (Lipinski definition) is 1. The normalized spacial score (nSPS) is 13.0. The highest BCUT2D eigenvalue weighted by atomic mass is 16.3. The van der Waals surface area contributed by atoms with Gasteiger partial charge in [-0.25, -0.2) is 0 Å². The molecule has 0 spiro atoms. The van der Waals surface area contributed by atoms with Crippen molar-refractivity contribution >= 4 is 0 Å². The van der Waals surface area contributed by atoms with Crippen LogP contribution >= 0.6 is 0 Å². The average Bonchev–Trinajstić information content (AvgIpc) is 2.86. The lowest BCUT2D eigenvalue weighted by Crippen LogP contribution is -2.18. The number of aromatic nitrogens is 4. The van der Waals surface area contributed by atoms with Crippen molar-refractivity contribution in [3.63, 3.8) is 0 Å². The zero-order valence-electron chi connectivity index (χ0n) is 7.79. The van der Waals surface area contributed by atoms with Gasteiger partial charge in [0.1, 0.15) is 0 Å². The number of rotatable bonds is 3. The number of hydrogen-bond acceptors (Lipinski definition) is 5. The summed E-state index contributed by atoms with van der Waals surface area (Å²) in [7, 11) is 0. The van der Waals surface area contributed by atoms with Gasteiger partial charge in [-0.1, -0.05) is 0 Å². The first-order valence-electron chi connectivity index (χ1n) is 4.34. The number of nitrogens with two attached hydrogens (primary N) is 1. The summed E-state index contributed by atoms with van der Waals surface area (Å²) in [4.78, 5) is 1.48. The van der Waals surface area contributed by atoms with Crippen molar-refractivity contribution in [2.45, 2.75) is 13.0 Å². The van der Waals surface area contributed by atoms with Gasteiger partial charge in [0, 0.05) is 6.54 Å². The van der Waals surface area contributed by atoms with Crippen LogP contribution in [0.5, 0.6) is 0 Å². The Labute approximate surface area is 80.7 Å². The van der Waals surface area contributed by atoms with Crippen molar-refractivity contribution in [3.05, 3.63) is 18.4 Å². The summed E-state index contributed by atoms with van der Waals surface area (Å²) in [6, 6.07) is 3.61. The third-order valence-electron chi connectivity index (χ3n) is 1.91. The lowest BCUT2D eigenvalue weighted by molar-refractivity contribution is 0.432. The Morgan fingerprint density at radius 2 is 2.50 bits per heavy atom. The van der Waals surface area contributed by atoms with Crippen molar-refractivity contribution in [2.75, 3.05) is 6.54 Å². The van der Waals surface area contributed by atoms with Crippen molar-refractivity contribution in [3.8, 4) is 11.6 Å². The van der Waals surface area contributed by atoms with E-state index in [2.05, 4.69) is 15.4 Å². The van der Waals surface area contributed by atoms with Gasteiger partial charge in [0.05, 0.1) is 12.3 Å². The molecule has 0 aromatic carbocycles. The molecule has 2 heterocycles. The zero-order chi connectivity index (χ0) is 9.97. The monoisotopic (exact) mass is 193 g/mol. The lowest BCUT2D eigenvalue weighted by atomic mass is 10.4. The molecular weight excluding hydrogens is 182 g/mol. The summed E-state index contributed by atoms with van der Waals surface area (Å²) in [5.41, 5.74) is 5.48. The van der Waals surface area contributed by atoms with E-state index in [1.54, 1.807) is 18.4 Å². The van der Waals surface area contributed by atoms with Gasteiger partial charge in [0.2, 0.25) is 5.82 Å². The summed E-state index contributed by atoms with van der Waals surface area (Å²) < 4.78 is 5.14. The van der Waals surface area contributed by atoms with Gasteiger partial charge < -0.3 is 10.2 Å². The largest absolute Gasteiger partial charge is 0.461 e. The van der Waals surface area contributed by atoms with E-state index in [1.165, 1.54) is 4.80 Å². The molecule has 0 aliphatic rings. The van der Waals surface area contributed by atoms with Crippen LogP contribution in [0.1, 0.15) is 13.0 Å². The van der Waals surface area contributed by atoms with E-state index in [0.717, 1.165) is 0 Å². The van der Waals surface area contributed by atoms with Gasteiger partial charge >= 0.3 is 0 Å². The molecule has 1 atom stereocenters. The van der Waals surface area contributed by atoms with Crippen molar-refractivity contribution < 1.29 is 4.42 Å². The standard InChI is InChI=1S/C8H11N5O/c1-6(5-9)13-11-8(10-12-13)7-3-2-4-14-7/h2-4,6H,5,9H2,1H3. The summed E-state index contributed by atoms with van der Waals surface area (Å²) in [6.45, 7) is 2.40. The first-order valence-corrected chi connectivity index (χ1v) is 4.34. The first-order chi connectivity index (χ1) is 6.81. The van der Waals surface area contributed by atoms with Crippen LogP contribution in [-0.2, 0) is 0 Å². The van der Waals surface area contributed by atoms with Crippen molar-refractivity contribution in [1.29, 1.82) is 0 Å². The molecular formula is C8H11N5O. The fourth-order valence-electron chi connectivity index (χ4n) is 1.01. The average molecular weight is 193 g/mol. The Morgan fingerprint density at radius 3 is 3.14 bits per heavy atom. The summed E-state index contributed by atoms with van der Waals surface area (Å²) >= 11 is 0. The van der Waals surface area contributed by atoms with E-state index < -0.39 is 0 Å². The maximum absolute atomic E-state index is 5.48. The zero-order valence-corrected chi connectivity index (χ0v) is 7.79. The minimum absolute atomic E-state index is 0.0474. The molecule has 2 aromatic heterocycles. The van der Waals surface area contributed by atoms with E-state index in [1.807, 2.05) is 6.92 Å². The number of tetrazole rings is 1. The van der Waals surface area contributed by atoms with E-state index in [4.69, 9.17) is 10.2 Å². The molecule has 2 N–H and O–H groups in total. The van der Waals surface area contributed by atoms with Crippen molar-refractivity contribution in [1.82, 2.24) is 20.2 Å². The van der Waals surface area contributed by atoms with Gasteiger partial charge in [-0.2, -0.15) is 4.80 Å². The molecule has 2 aromatic rings. The van der Waals surface area contributed by atoms with Crippen LogP contribution in [0.4, 0.5) is 0 Å². The van der Waals surface area contributed by atoms with Crippen LogP contribution in [0, 0.1) is 0 Å². The number of furan rings is 1. The predicted molar refractivity (Wildman–Crippen MR) is 49.3 cm³/mol. The van der Waals surface area contributed by atoms with Crippen molar-refractivity contribution in [2.24, 2.45) is 5.73 Å². The van der Waals surface area contributed by atoms with E-state index in [-0.39, 0.29) is 6.04 Å². The van der Waals surface area contributed by atoms with Crippen LogP contribution in [0.2, 0.25) is 0 Å².